The summed E-state index contributed by atoms with van der Waals surface area (Å²) in [5.41, 5.74) is 6.89. The molecule has 0 unspecified atom stereocenters. The van der Waals surface area contributed by atoms with Crippen LogP contribution in [0.2, 0.25) is 0 Å². The molecule has 0 aliphatic heterocycles. The summed E-state index contributed by atoms with van der Waals surface area (Å²) in [5.74, 6) is -1.13. The molecule has 2 aromatic rings. The van der Waals surface area contributed by atoms with Gasteiger partial charge in [0.2, 0.25) is 11.8 Å². The molecule has 0 aromatic heterocycles. The van der Waals surface area contributed by atoms with Crippen LogP contribution in [0.1, 0.15) is 27.6 Å². The molecular weight excluding hydrogens is 282 g/mol. The van der Waals surface area contributed by atoms with Crippen molar-refractivity contribution in [1.29, 1.82) is 0 Å². The third kappa shape index (κ3) is 3.92. The van der Waals surface area contributed by atoms with Crippen LogP contribution < -0.4 is 16.4 Å². The number of nitrogens with one attached hydrogen (secondary N) is 2. The van der Waals surface area contributed by atoms with Crippen molar-refractivity contribution in [2.24, 2.45) is 5.73 Å². The van der Waals surface area contributed by atoms with E-state index in [-0.39, 0.29) is 11.8 Å². The first-order chi connectivity index (χ1) is 10.5. The lowest BCUT2D eigenvalue weighted by Gasteiger charge is -2.08. The van der Waals surface area contributed by atoms with Gasteiger partial charge < -0.3 is 16.4 Å². The van der Waals surface area contributed by atoms with E-state index < -0.39 is 5.91 Å². The van der Waals surface area contributed by atoms with Crippen molar-refractivity contribution in [3.8, 4) is 0 Å². The molecule has 0 atom stereocenters. The van der Waals surface area contributed by atoms with Crippen LogP contribution in [-0.2, 0) is 4.79 Å². The molecule has 2 rings (SSSR count). The molecule has 6 nitrogen and oxygen atoms in total. The highest BCUT2D eigenvalue weighted by atomic mass is 16.2. The van der Waals surface area contributed by atoms with Crippen molar-refractivity contribution in [2.75, 3.05) is 10.6 Å². The highest BCUT2D eigenvalue weighted by Gasteiger charge is 2.08. The standard InChI is InChI=1S/C16H15N3O3/c1-10(20)18-13-6-3-5-12(9-13)16(22)19-14-7-2-4-11(8-14)15(17)21/h2-9H,1H3,(H2,17,21)(H,18,20)(H,19,22). The van der Waals surface area contributed by atoms with Gasteiger partial charge in [-0.2, -0.15) is 0 Å². The number of nitrogens with two attached hydrogens (primary N) is 1. The second kappa shape index (κ2) is 6.53. The van der Waals surface area contributed by atoms with E-state index in [1.807, 2.05) is 0 Å². The van der Waals surface area contributed by atoms with Crippen LogP contribution in [0, 0.1) is 0 Å². The Balaban J connectivity index is 2.17. The summed E-state index contributed by atoms with van der Waals surface area (Å²) in [6.07, 6.45) is 0. The number of amides is 3. The van der Waals surface area contributed by atoms with E-state index in [2.05, 4.69) is 10.6 Å². The smallest absolute Gasteiger partial charge is 0.255 e. The highest BCUT2D eigenvalue weighted by molar-refractivity contribution is 6.06. The molecule has 4 N–H and O–H groups in total. The minimum Gasteiger partial charge on any atom is -0.366 e. The van der Waals surface area contributed by atoms with Gasteiger partial charge in [-0.25, -0.2) is 0 Å². The third-order valence-corrected chi connectivity index (χ3v) is 2.85. The fourth-order valence-corrected chi connectivity index (χ4v) is 1.89. The Hall–Kier alpha value is -3.15. The number of carbonyl (C=O) groups is 3. The molecule has 0 aliphatic rings. The lowest BCUT2D eigenvalue weighted by molar-refractivity contribution is -0.114. The van der Waals surface area contributed by atoms with Crippen molar-refractivity contribution >= 4 is 29.1 Å². The van der Waals surface area contributed by atoms with Gasteiger partial charge in [0.15, 0.2) is 0 Å². The van der Waals surface area contributed by atoms with Crippen LogP contribution in [0.4, 0.5) is 11.4 Å². The summed E-state index contributed by atoms with van der Waals surface area (Å²) >= 11 is 0. The molecule has 22 heavy (non-hydrogen) atoms. The summed E-state index contributed by atoms with van der Waals surface area (Å²) in [4.78, 5) is 34.4. The number of carbonyl (C=O) groups excluding carboxylic acids is 3. The summed E-state index contributed by atoms with van der Waals surface area (Å²) in [6.45, 7) is 1.39. The minimum absolute atomic E-state index is 0.216. The Labute approximate surface area is 127 Å². The normalized spacial score (nSPS) is 9.86. The molecule has 3 amide bonds. The lowest BCUT2D eigenvalue weighted by atomic mass is 10.1. The van der Waals surface area contributed by atoms with E-state index in [9.17, 15) is 14.4 Å². The molecule has 0 heterocycles. The van der Waals surface area contributed by atoms with Gasteiger partial charge in [-0.15, -0.1) is 0 Å². The molecule has 112 valence electrons. The first-order valence-corrected chi connectivity index (χ1v) is 6.54. The minimum atomic E-state index is -0.566. The van der Waals surface area contributed by atoms with Crippen LogP contribution in [0.25, 0.3) is 0 Å². The predicted octanol–water partition coefficient (Wildman–Crippen LogP) is 2.00. The van der Waals surface area contributed by atoms with Gasteiger partial charge in [-0.05, 0) is 36.4 Å². The van der Waals surface area contributed by atoms with Crippen molar-refractivity contribution in [3.63, 3.8) is 0 Å². The average Bonchev–Trinajstić information content (AvgIpc) is 2.47. The molecule has 0 spiro atoms. The summed E-state index contributed by atoms with van der Waals surface area (Å²) in [6, 6.07) is 12.9. The van der Waals surface area contributed by atoms with Crippen molar-refractivity contribution < 1.29 is 14.4 Å². The van der Waals surface area contributed by atoms with Crippen LogP contribution in [-0.4, -0.2) is 17.7 Å². The maximum absolute atomic E-state index is 12.2. The monoisotopic (exact) mass is 297 g/mol. The summed E-state index contributed by atoms with van der Waals surface area (Å²) in [7, 11) is 0. The second-order valence-corrected chi connectivity index (χ2v) is 4.66. The zero-order valence-corrected chi connectivity index (χ0v) is 11.9. The number of hydrogen-bond donors (Lipinski definition) is 3. The molecule has 0 saturated carbocycles. The zero-order valence-electron chi connectivity index (χ0n) is 11.9. The van der Waals surface area contributed by atoms with Crippen molar-refractivity contribution in [1.82, 2.24) is 0 Å². The Morgan fingerprint density at radius 3 is 2.00 bits per heavy atom. The van der Waals surface area contributed by atoms with E-state index in [4.69, 9.17) is 5.73 Å². The quantitative estimate of drug-likeness (QED) is 0.804. The molecule has 0 radical (unpaired) electrons. The van der Waals surface area contributed by atoms with Gasteiger partial charge in [-0.3, -0.25) is 14.4 Å². The van der Waals surface area contributed by atoms with E-state index in [0.717, 1.165) is 0 Å². The summed E-state index contributed by atoms with van der Waals surface area (Å²) in [5, 5.41) is 5.28. The van der Waals surface area contributed by atoms with E-state index in [1.54, 1.807) is 42.5 Å². The predicted molar refractivity (Wildman–Crippen MR) is 83.7 cm³/mol. The number of rotatable bonds is 4. The first kappa shape index (κ1) is 15.2. The van der Waals surface area contributed by atoms with E-state index in [0.29, 0.717) is 22.5 Å². The molecule has 0 saturated heterocycles. The van der Waals surface area contributed by atoms with Gasteiger partial charge in [0.1, 0.15) is 0 Å². The SMILES string of the molecule is CC(=O)Nc1cccc(C(=O)Nc2cccc(C(N)=O)c2)c1. The second-order valence-electron chi connectivity index (χ2n) is 4.66. The largest absolute Gasteiger partial charge is 0.366 e. The van der Waals surface area contributed by atoms with Gasteiger partial charge in [0.05, 0.1) is 0 Å². The number of primary amides is 1. The number of hydrogen-bond acceptors (Lipinski definition) is 3. The topological polar surface area (TPSA) is 101 Å². The van der Waals surface area contributed by atoms with E-state index >= 15 is 0 Å². The Morgan fingerprint density at radius 2 is 1.41 bits per heavy atom. The van der Waals surface area contributed by atoms with Crippen LogP contribution >= 0.6 is 0 Å². The molecule has 0 bridgehead atoms. The van der Waals surface area contributed by atoms with Gasteiger partial charge in [0, 0.05) is 29.4 Å². The molecule has 2 aromatic carbocycles. The molecular formula is C16H15N3O3. The van der Waals surface area contributed by atoms with Gasteiger partial charge in [0.25, 0.3) is 5.91 Å². The molecule has 6 heteroatoms. The molecule has 0 aliphatic carbocycles. The van der Waals surface area contributed by atoms with Gasteiger partial charge >= 0.3 is 0 Å². The summed E-state index contributed by atoms with van der Waals surface area (Å²) < 4.78 is 0. The maximum atomic E-state index is 12.2. The maximum Gasteiger partial charge on any atom is 0.255 e. The van der Waals surface area contributed by atoms with Crippen molar-refractivity contribution in [3.05, 3.63) is 59.7 Å². The third-order valence-electron chi connectivity index (χ3n) is 2.85. The highest BCUT2D eigenvalue weighted by Crippen LogP contribution is 2.15. The van der Waals surface area contributed by atoms with Crippen LogP contribution in [0.3, 0.4) is 0 Å². The van der Waals surface area contributed by atoms with Crippen LogP contribution in [0.15, 0.2) is 48.5 Å². The molecule has 0 fully saturated rings. The Morgan fingerprint density at radius 1 is 0.864 bits per heavy atom. The zero-order chi connectivity index (χ0) is 16.1. The number of anilines is 2. The van der Waals surface area contributed by atoms with Crippen LogP contribution in [0.5, 0.6) is 0 Å². The fourth-order valence-electron chi connectivity index (χ4n) is 1.89. The first-order valence-electron chi connectivity index (χ1n) is 6.54. The van der Waals surface area contributed by atoms with E-state index in [1.165, 1.54) is 13.0 Å². The lowest BCUT2D eigenvalue weighted by Crippen LogP contribution is -2.15. The van der Waals surface area contributed by atoms with Gasteiger partial charge in [-0.1, -0.05) is 12.1 Å². The Kier molecular flexibility index (Phi) is 4.53. The fraction of sp³-hybridized carbons (Fsp3) is 0.0625. The van der Waals surface area contributed by atoms with Crippen molar-refractivity contribution in [2.45, 2.75) is 6.92 Å². The Bertz CT molecular complexity index is 741. The number of benzene rings is 2. The average molecular weight is 297 g/mol.